The van der Waals surface area contributed by atoms with E-state index >= 15 is 0 Å². The van der Waals surface area contributed by atoms with E-state index < -0.39 is 12.4 Å². The van der Waals surface area contributed by atoms with Crippen molar-refractivity contribution >= 4 is 11.6 Å². The smallest absolute Gasteiger partial charge is 0.406 e. The van der Waals surface area contributed by atoms with Crippen molar-refractivity contribution in [2.75, 3.05) is 25.0 Å². The first-order chi connectivity index (χ1) is 13.7. The molecular weight excluding hydrogens is 392 g/mol. The molecule has 2 aromatic carbocycles. The molecule has 3 rings (SSSR count). The molecule has 1 aliphatic rings. The Labute approximate surface area is 165 Å². The zero-order valence-electron chi connectivity index (χ0n) is 15.6. The fourth-order valence-electron chi connectivity index (χ4n) is 3.05. The molecule has 1 aliphatic heterocycles. The maximum absolute atomic E-state index is 13.1. The van der Waals surface area contributed by atoms with Crippen molar-refractivity contribution in [3.63, 3.8) is 0 Å². The van der Waals surface area contributed by atoms with Gasteiger partial charge in [-0.3, -0.25) is 9.69 Å². The van der Waals surface area contributed by atoms with Gasteiger partial charge in [-0.25, -0.2) is 4.39 Å². The molecule has 0 radical (unpaired) electrons. The number of halogens is 4. The Bertz CT molecular complexity index is 825. The molecule has 0 bridgehead atoms. The van der Waals surface area contributed by atoms with Crippen molar-refractivity contribution < 1.29 is 31.8 Å². The number of benzene rings is 2. The van der Waals surface area contributed by atoms with Crippen molar-refractivity contribution in [1.82, 2.24) is 4.90 Å². The first-order valence-corrected chi connectivity index (χ1v) is 8.99. The van der Waals surface area contributed by atoms with Crippen LogP contribution in [0.3, 0.4) is 0 Å². The summed E-state index contributed by atoms with van der Waals surface area (Å²) in [6.45, 7) is 3.16. The van der Waals surface area contributed by atoms with Crippen molar-refractivity contribution in [2.45, 2.75) is 25.4 Å². The number of rotatable bonds is 5. The van der Waals surface area contributed by atoms with Crippen LogP contribution in [0.2, 0.25) is 0 Å². The van der Waals surface area contributed by atoms with Crippen LogP contribution in [-0.4, -0.2) is 42.9 Å². The Balaban J connectivity index is 1.58. The average Bonchev–Trinajstić information content (AvgIpc) is 2.68. The number of amides is 1. The minimum atomic E-state index is -4.77. The van der Waals surface area contributed by atoms with Gasteiger partial charge in [0.1, 0.15) is 11.6 Å². The van der Waals surface area contributed by atoms with E-state index in [1.165, 1.54) is 24.3 Å². The maximum atomic E-state index is 13.1. The Hall–Kier alpha value is -2.65. The Kier molecular flexibility index (Phi) is 6.39. The number of carbonyl (C=O) groups is 1. The lowest BCUT2D eigenvalue weighted by molar-refractivity contribution is -0.274. The monoisotopic (exact) mass is 412 g/mol. The molecule has 2 unspecified atom stereocenters. The van der Waals surface area contributed by atoms with Gasteiger partial charge in [0.05, 0.1) is 18.8 Å². The van der Waals surface area contributed by atoms with Gasteiger partial charge in [-0.05, 0) is 48.9 Å². The molecule has 29 heavy (non-hydrogen) atoms. The number of carbonyl (C=O) groups excluding carboxylic acids is 1. The SMILES string of the molecule is CC(C(=O)Nc1ccc(OC(F)(F)F)cc1)N1CCOC(c2ccc(F)cc2)C1. The van der Waals surface area contributed by atoms with Gasteiger partial charge in [0, 0.05) is 18.8 Å². The van der Waals surface area contributed by atoms with E-state index in [2.05, 4.69) is 10.1 Å². The summed E-state index contributed by atoms with van der Waals surface area (Å²) in [5.41, 5.74) is 1.18. The number of nitrogens with zero attached hydrogens (tertiary/aromatic N) is 1. The summed E-state index contributed by atoms with van der Waals surface area (Å²) >= 11 is 0. The lowest BCUT2D eigenvalue weighted by atomic mass is 10.1. The number of nitrogens with one attached hydrogen (secondary N) is 1. The van der Waals surface area contributed by atoms with E-state index in [1.54, 1.807) is 19.1 Å². The quantitative estimate of drug-likeness (QED) is 0.751. The number of anilines is 1. The summed E-state index contributed by atoms with van der Waals surface area (Å²) in [6, 6.07) is 10.5. The van der Waals surface area contributed by atoms with Crippen LogP contribution in [-0.2, 0) is 9.53 Å². The molecule has 5 nitrogen and oxygen atoms in total. The summed E-state index contributed by atoms with van der Waals surface area (Å²) in [5.74, 6) is -0.992. The van der Waals surface area contributed by atoms with E-state index in [1.807, 2.05) is 4.90 Å². The van der Waals surface area contributed by atoms with Gasteiger partial charge in [-0.15, -0.1) is 13.2 Å². The van der Waals surface area contributed by atoms with E-state index in [-0.39, 0.29) is 23.6 Å². The maximum Gasteiger partial charge on any atom is 0.573 e. The summed E-state index contributed by atoms with van der Waals surface area (Å²) < 4.78 is 59.3. The second-order valence-electron chi connectivity index (χ2n) is 6.64. The van der Waals surface area contributed by atoms with Crippen LogP contribution >= 0.6 is 0 Å². The summed E-state index contributed by atoms with van der Waals surface area (Å²) in [6.07, 6.45) is -5.05. The van der Waals surface area contributed by atoms with Crippen LogP contribution in [0.5, 0.6) is 5.75 Å². The molecule has 1 heterocycles. The van der Waals surface area contributed by atoms with Gasteiger partial charge in [0.25, 0.3) is 0 Å². The Morgan fingerprint density at radius 3 is 2.45 bits per heavy atom. The third-order valence-electron chi connectivity index (χ3n) is 4.62. The number of alkyl halides is 3. The van der Waals surface area contributed by atoms with Gasteiger partial charge in [-0.1, -0.05) is 12.1 Å². The Morgan fingerprint density at radius 2 is 1.83 bits per heavy atom. The Morgan fingerprint density at radius 1 is 1.17 bits per heavy atom. The average molecular weight is 412 g/mol. The summed E-state index contributed by atoms with van der Waals surface area (Å²) in [5, 5.41) is 2.68. The van der Waals surface area contributed by atoms with E-state index in [0.29, 0.717) is 25.4 Å². The number of hydrogen-bond acceptors (Lipinski definition) is 4. The van der Waals surface area contributed by atoms with Gasteiger partial charge >= 0.3 is 6.36 Å². The van der Waals surface area contributed by atoms with Crippen molar-refractivity contribution in [3.8, 4) is 5.75 Å². The minimum Gasteiger partial charge on any atom is -0.406 e. The van der Waals surface area contributed by atoms with Crippen LogP contribution in [0, 0.1) is 5.82 Å². The third-order valence-corrected chi connectivity index (χ3v) is 4.62. The van der Waals surface area contributed by atoms with Crippen molar-refractivity contribution in [2.24, 2.45) is 0 Å². The molecule has 0 aliphatic carbocycles. The topological polar surface area (TPSA) is 50.8 Å². The molecular formula is C20H20F4N2O3. The van der Waals surface area contributed by atoms with Crippen LogP contribution < -0.4 is 10.1 Å². The molecule has 1 fully saturated rings. The molecule has 2 aromatic rings. The number of ether oxygens (including phenoxy) is 2. The molecule has 1 amide bonds. The van der Waals surface area contributed by atoms with Crippen LogP contribution in [0.25, 0.3) is 0 Å². The van der Waals surface area contributed by atoms with Crippen molar-refractivity contribution in [3.05, 3.63) is 59.9 Å². The second kappa shape index (κ2) is 8.79. The summed E-state index contributed by atoms with van der Waals surface area (Å²) in [7, 11) is 0. The lowest BCUT2D eigenvalue weighted by Gasteiger charge is -2.36. The highest BCUT2D eigenvalue weighted by molar-refractivity contribution is 5.94. The van der Waals surface area contributed by atoms with E-state index in [0.717, 1.165) is 17.7 Å². The molecule has 9 heteroatoms. The standard InChI is InChI=1S/C20H20F4N2O3/c1-13(19(27)25-16-6-8-17(9-7-16)29-20(22,23)24)26-10-11-28-18(12-26)14-2-4-15(21)5-3-14/h2-9,13,18H,10-12H2,1H3,(H,25,27). The highest BCUT2D eigenvalue weighted by Crippen LogP contribution is 2.25. The third kappa shape index (κ3) is 5.91. The fourth-order valence-corrected chi connectivity index (χ4v) is 3.05. The first kappa shape index (κ1) is 21.1. The van der Waals surface area contributed by atoms with Gasteiger partial charge < -0.3 is 14.8 Å². The molecule has 1 saturated heterocycles. The second-order valence-corrected chi connectivity index (χ2v) is 6.64. The molecule has 0 spiro atoms. The van der Waals surface area contributed by atoms with Gasteiger partial charge in [0.2, 0.25) is 5.91 Å². The predicted molar refractivity (Wildman–Crippen MR) is 97.9 cm³/mol. The fraction of sp³-hybridized carbons (Fsp3) is 0.350. The molecule has 2 atom stereocenters. The van der Waals surface area contributed by atoms with Crippen molar-refractivity contribution in [1.29, 1.82) is 0 Å². The molecule has 156 valence electrons. The zero-order chi connectivity index (χ0) is 21.0. The molecule has 0 aromatic heterocycles. The normalized spacial score (nSPS) is 18.9. The highest BCUT2D eigenvalue weighted by atomic mass is 19.4. The lowest BCUT2D eigenvalue weighted by Crippen LogP contribution is -2.48. The number of morpholine rings is 1. The van der Waals surface area contributed by atoms with Crippen LogP contribution in [0.1, 0.15) is 18.6 Å². The van der Waals surface area contributed by atoms with Gasteiger partial charge in [-0.2, -0.15) is 0 Å². The molecule has 0 saturated carbocycles. The minimum absolute atomic E-state index is 0.279. The van der Waals surface area contributed by atoms with E-state index in [4.69, 9.17) is 4.74 Å². The largest absolute Gasteiger partial charge is 0.573 e. The van der Waals surface area contributed by atoms with E-state index in [9.17, 15) is 22.4 Å². The number of hydrogen-bond donors (Lipinski definition) is 1. The highest BCUT2D eigenvalue weighted by Gasteiger charge is 2.31. The summed E-state index contributed by atoms with van der Waals surface area (Å²) in [4.78, 5) is 14.5. The van der Waals surface area contributed by atoms with Crippen LogP contribution in [0.4, 0.5) is 23.2 Å². The van der Waals surface area contributed by atoms with Crippen LogP contribution in [0.15, 0.2) is 48.5 Å². The zero-order valence-corrected chi connectivity index (χ0v) is 15.6. The predicted octanol–water partition coefficient (Wildman–Crippen LogP) is 4.12. The first-order valence-electron chi connectivity index (χ1n) is 8.99. The van der Waals surface area contributed by atoms with Gasteiger partial charge in [0.15, 0.2) is 0 Å². The molecule has 1 N–H and O–H groups in total.